The summed E-state index contributed by atoms with van der Waals surface area (Å²) in [7, 11) is 1.46. The van der Waals surface area contributed by atoms with Crippen molar-refractivity contribution in [2.75, 3.05) is 6.61 Å². The Bertz CT molecular complexity index is 1100. The van der Waals surface area contributed by atoms with E-state index < -0.39 is 18.5 Å². The van der Waals surface area contributed by atoms with Crippen LogP contribution in [0, 0.1) is 6.92 Å². The van der Waals surface area contributed by atoms with E-state index >= 15 is 0 Å². The molecule has 1 N–H and O–H groups in total. The third-order valence-electron chi connectivity index (χ3n) is 4.52. The summed E-state index contributed by atoms with van der Waals surface area (Å²) < 4.78 is 6.21. The lowest BCUT2D eigenvalue weighted by Gasteiger charge is -2.16. The number of carbonyl (C=O) groups excluding carboxylic acids is 2. The standard InChI is InChI=1S/C21H21N3O4/c1-13-8-4-5-9-15(13)14(2)22-18(25)12-28-21(27)19-16-10-6-7-11-17(16)20(26)24(3)23-19/h4-11,14H,12H2,1-3H3,(H,22,25). The number of fused-ring (bicyclic) bond motifs is 1. The summed E-state index contributed by atoms with van der Waals surface area (Å²) in [6.45, 7) is 3.40. The van der Waals surface area contributed by atoms with Gasteiger partial charge in [-0.2, -0.15) is 5.10 Å². The van der Waals surface area contributed by atoms with Crippen LogP contribution in [0.4, 0.5) is 0 Å². The fraction of sp³-hybridized carbons (Fsp3) is 0.238. The number of hydrogen-bond acceptors (Lipinski definition) is 5. The van der Waals surface area contributed by atoms with E-state index in [-0.39, 0.29) is 17.3 Å². The van der Waals surface area contributed by atoms with E-state index in [0.29, 0.717) is 10.8 Å². The van der Waals surface area contributed by atoms with Gasteiger partial charge in [-0.15, -0.1) is 0 Å². The van der Waals surface area contributed by atoms with Gasteiger partial charge in [0.05, 0.1) is 11.4 Å². The molecule has 0 aliphatic rings. The maximum absolute atomic E-state index is 12.5. The molecule has 0 bridgehead atoms. The molecule has 7 nitrogen and oxygen atoms in total. The number of esters is 1. The Balaban J connectivity index is 1.70. The summed E-state index contributed by atoms with van der Waals surface area (Å²) in [4.78, 5) is 36.8. The Morgan fingerprint density at radius 1 is 1.11 bits per heavy atom. The van der Waals surface area contributed by atoms with Gasteiger partial charge in [-0.1, -0.05) is 42.5 Å². The van der Waals surface area contributed by atoms with Gasteiger partial charge in [0.2, 0.25) is 0 Å². The predicted molar refractivity (Wildman–Crippen MR) is 105 cm³/mol. The third kappa shape index (κ3) is 3.93. The first kappa shape index (κ1) is 19.3. The van der Waals surface area contributed by atoms with Crippen LogP contribution in [0.1, 0.15) is 34.6 Å². The van der Waals surface area contributed by atoms with Crippen molar-refractivity contribution in [3.63, 3.8) is 0 Å². The van der Waals surface area contributed by atoms with E-state index in [2.05, 4.69) is 10.4 Å². The minimum absolute atomic E-state index is 0.00236. The molecule has 144 valence electrons. The molecule has 1 atom stereocenters. The van der Waals surface area contributed by atoms with Gasteiger partial charge in [-0.3, -0.25) is 9.59 Å². The Hall–Kier alpha value is -3.48. The van der Waals surface area contributed by atoms with Crippen LogP contribution >= 0.6 is 0 Å². The highest BCUT2D eigenvalue weighted by molar-refractivity contribution is 6.02. The van der Waals surface area contributed by atoms with Gasteiger partial charge in [0.15, 0.2) is 12.3 Å². The molecule has 0 radical (unpaired) electrons. The molecule has 1 aromatic heterocycles. The van der Waals surface area contributed by atoms with Crippen molar-refractivity contribution in [1.82, 2.24) is 15.1 Å². The predicted octanol–water partition coefficient (Wildman–Crippen LogP) is 2.28. The molecule has 0 spiro atoms. The molecule has 1 unspecified atom stereocenters. The lowest BCUT2D eigenvalue weighted by Crippen LogP contribution is -2.32. The van der Waals surface area contributed by atoms with Crippen molar-refractivity contribution < 1.29 is 14.3 Å². The molecule has 0 saturated heterocycles. The first-order valence-electron chi connectivity index (χ1n) is 8.86. The number of nitrogens with one attached hydrogen (secondary N) is 1. The Morgan fingerprint density at radius 2 is 1.75 bits per heavy atom. The zero-order chi connectivity index (χ0) is 20.3. The van der Waals surface area contributed by atoms with Crippen LogP contribution in [-0.4, -0.2) is 28.3 Å². The summed E-state index contributed by atoms with van der Waals surface area (Å²) in [5, 5.41) is 7.56. The van der Waals surface area contributed by atoms with Crippen LogP contribution in [-0.2, 0) is 16.6 Å². The molecule has 2 aromatic carbocycles. The Kier molecular flexibility index (Phi) is 5.54. The molecule has 0 aliphatic heterocycles. The molecular formula is C21H21N3O4. The number of nitrogens with zero attached hydrogens (tertiary/aromatic N) is 2. The number of aromatic nitrogens is 2. The van der Waals surface area contributed by atoms with E-state index in [1.165, 1.54) is 7.05 Å². The van der Waals surface area contributed by atoms with E-state index in [1.807, 2.05) is 38.1 Å². The second-order valence-corrected chi connectivity index (χ2v) is 6.54. The van der Waals surface area contributed by atoms with E-state index in [0.717, 1.165) is 15.8 Å². The van der Waals surface area contributed by atoms with Gasteiger partial charge >= 0.3 is 5.97 Å². The van der Waals surface area contributed by atoms with Gasteiger partial charge in [0.25, 0.3) is 11.5 Å². The van der Waals surface area contributed by atoms with Crippen molar-refractivity contribution in [2.45, 2.75) is 19.9 Å². The van der Waals surface area contributed by atoms with Crippen LogP contribution in [0.15, 0.2) is 53.3 Å². The van der Waals surface area contributed by atoms with Gasteiger partial charge in [-0.05, 0) is 31.0 Å². The second kappa shape index (κ2) is 8.04. The molecular weight excluding hydrogens is 358 g/mol. The fourth-order valence-corrected chi connectivity index (χ4v) is 3.08. The highest BCUT2D eigenvalue weighted by Gasteiger charge is 2.19. The minimum atomic E-state index is -0.759. The number of carbonyl (C=O) groups is 2. The topological polar surface area (TPSA) is 90.3 Å². The SMILES string of the molecule is Cc1ccccc1C(C)NC(=O)COC(=O)c1nn(C)c(=O)c2ccccc12. The second-order valence-electron chi connectivity index (χ2n) is 6.54. The summed E-state index contributed by atoms with van der Waals surface area (Å²) in [5.74, 6) is -1.18. The molecule has 1 heterocycles. The zero-order valence-corrected chi connectivity index (χ0v) is 15.9. The number of hydrogen-bond donors (Lipinski definition) is 1. The average Bonchev–Trinajstić information content (AvgIpc) is 2.69. The van der Waals surface area contributed by atoms with E-state index in [1.54, 1.807) is 24.3 Å². The number of benzene rings is 2. The summed E-state index contributed by atoms with van der Waals surface area (Å²) in [6.07, 6.45) is 0. The van der Waals surface area contributed by atoms with Crippen LogP contribution in [0.3, 0.4) is 0 Å². The maximum Gasteiger partial charge on any atom is 0.359 e. The summed E-state index contributed by atoms with van der Waals surface area (Å²) >= 11 is 0. The normalized spacial score (nSPS) is 11.8. The van der Waals surface area contributed by atoms with Gasteiger partial charge in [-0.25, -0.2) is 9.48 Å². The van der Waals surface area contributed by atoms with Crippen molar-refractivity contribution in [2.24, 2.45) is 7.05 Å². The smallest absolute Gasteiger partial charge is 0.359 e. The largest absolute Gasteiger partial charge is 0.451 e. The van der Waals surface area contributed by atoms with Crippen molar-refractivity contribution >= 4 is 22.6 Å². The number of aryl methyl sites for hydroxylation is 2. The molecule has 0 aliphatic carbocycles. The van der Waals surface area contributed by atoms with Gasteiger partial charge < -0.3 is 10.1 Å². The molecule has 3 aromatic rings. The highest BCUT2D eigenvalue weighted by atomic mass is 16.5. The van der Waals surface area contributed by atoms with Crippen LogP contribution in [0.5, 0.6) is 0 Å². The summed E-state index contributed by atoms with van der Waals surface area (Å²) in [6, 6.07) is 14.2. The Morgan fingerprint density at radius 3 is 2.46 bits per heavy atom. The number of rotatable bonds is 5. The van der Waals surface area contributed by atoms with Gasteiger partial charge in [0.1, 0.15) is 0 Å². The quantitative estimate of drug-likeness (QED) is 0.687. The van der Waals surface area contributed by atoms with Gasteiger partial charge in [0, 0.05) is 12.4 Å². The van der Waals surface area contributed by atoms with Crippen LogP contribution < -0.4 is 10.9 Å². The minimum Gasteiger partial charge on any atom is -0.451 e. The molecule has 1 amide bonds. The fourth-order valence-electron chi connectivity index (χ4n) is 3.08. The van der Waals surface area contributed by atoms with Crippen molar-refractivity contribution in [3.05, 3.63) is 75.7 Å². The van der Waals surface area contributed by atoms with Crippen molar-refractivity contribution in [3.8, 4) is 0 Å². The van der Waals surface area contributed by atoms with Crippen LogP contribution in [0.2, 0.25) is 0 Å². The number of ether oxygens (including phenoxy) is 1. The lowest BCUT2D eigenvalue weighted by atomic mass is 10.0. The number of amides is 1. The van der Waals surface area contributed by atoms with E-state index in [4.69, 9.17) is 4.74 Å². The van der Waals surface area contributed by atoms with E-state index in [9.17, 15) is 14.4 Å². The van der Waals surface area contributed by atoms with Crippen LogP contribution in [0.25, 0.3) is 10.8 Å². The first-order chi connectivity index (χ1) is 13.4. The lowest BCUT2D eigenvalue weighted by molar-refractivity contribution is -0.124. The highest BCUT2D eigenvalue weighted by Crippen LogP contribution is 2.17. The monoisotopic (exact) mass is 379 g/mol. The Labute approximate surface area is 161 Å². The summed E-state index contributed by atoms with van der Waals surface area (Å²) in [5.41, 5.74) is 1.75. The molecule has 0 fully saturated rings. The van der Waals surface area contributed by atoms with Crippen molar-refractivity contribution in [1.29, 1.82) is 0 Å². The molecule has 7 heteroatoms. The molecule has 28 heavy (non-hydrogen) atoms. The molecule has 0 saturated carbocycles. The zero-order valence-electron chi connectivity index (χ0n) is 15.9. The molecule has 3 rings (SSSR count). The first-order valence-corrected chi connectivity index (χ1v) is 8.86. The maximum atomic E-state index is 12.5. The average molecular weight is 379 g/mol. The third-order valence-corrected chi connectivity index (χ3v) is 4.52.